The highest BCUT2D eigenvalue weighted by Crippen LogP contribution is 2.48. The van der Waals surface area contributed by atoms with Crippen LogP contribution in [0.1, 0.15) is 66.4 Å². The molecule has 1 aromatic rings. The van der Waals surface area contributed by atoms with Crippen molar-refractivity contribution < 1.29 is 14.3 Å². The third kappa shape index (κ3) is 7.14. The predicted molar refractivity (Wildman–Crippen MR) is 124 cm³/mol. The predicted octanol–water partition coefficient (Wildman–Crippen LogP) is 3.68. The van der Waals surface area contributed by atoms with Crippen LogP contribution in [0.25, 0.3) is 0 Å². The van der Waals surface area contributed by atoms with Crippen LogP contribution in [0.5, 0.6) is 0 Å². The van der Waals surface area contributed by atoms with Crippen molar-refractivity contribution in [3.05, 3.63) is 15.6 Å². The molecule has 2 N–H and O–H groups in total. The normalized spacial score (nSPS) is 16.1. The maximum absolute atomic E-state index is 12.0. The van der Waals surface area contributed by atoms with Gasteiger partial charge in [0.25, 0.3) is 0 Å². The van der Waals surface area contributed by atoms with E-state index in [4.69, 9.17) is 9.47 Å². The molecule has 1 unspecified atom stereocenters. The molecule has 0 bridgehead atoms. The van der Waals surface area contributed by atoms with Crippen LogP contribution >= 0.6 is 35.3 Å². The summed E-state index contributed by atoms with van der Waals surface area (Å²) in [4.78, 5) is 21.4. The van der Waals surface area contributed by atoms with Crippen LogP contribution in [-0.2, 0) is 9.47 Å². The molecular weight excluding hydrogens is 491 g/mol. The van der Waals surface area contributed by atoms with Gasteiger partial charge in [-0.15, -0.1) is 35.3 Å². The number of ether oxygens (including phenoxy) is 2. The second kappa shape index (κ2) is 11.9. The zero-order valence-electron chi connectivity index (χ0n) is 17.5. The monoisotopic (exact) mass is 524 g/mol. The Morgan fingerprint density at radius 3 is 2.64 bits per heavy atom. The standard InChI is InChI=1S/C19H32N4O3S.HI/c1-6-25-11-10-19(8-9-19)12-21-18(20-5)23-14(4)16-22-13(3)15(27-16)17(24)26-7-2;/h14H,6-12H2,1-5H3,(H2,20,21,23);1H. The van der Waals surface area contributed by atoms with Gasteiger partial charge in [0.2, 0.25) is 0 Å². The molecule has 1 fully saturated rings. The molecule has 9 heteroatoms. The van der Waals surface area contributed by atoms with Crippen LogP contribution in [0.15, 0.2) is 4.99 Å². The van der Waals surface area contributed by atoms with E-state index in [1.165, 1.54) is 24.2 Å². The lowest BCUT2D eigenvalue weighted by atomic mass is 10.0. The Hall–Kier alpha value is -0.940. The zero-order chi connectivity index (χ0) is 19.9. The van der Waals surface area contributed by atoms with Crippen molar-refractivity contribution >= 4 is 47.2 Å². The van der Waals surface area contributed by atoms with Crippen molar-refractivity contribution in [1.82, 2.24) is 15.6 Å². The first kappa shape index (κ1) is 25.1. The number of carbonyl (C=O) groups excluding carboxylic acids is 1. The maximum atomic E-state index is 12.0. The summed E-state index contributed by atoms with van der Waals surface area (Å²) in [5.74, 6) is 0.439. The summed E-state index contributed by atoms with van der Waals surface area (Å²) in [6.45, 7) is 10.5. The topological polar surface area (TPSA) is 84.8 Å². The van der Waals surface area contributed by atoms with Gasteiger partial charge < -0.3 is 20.1 Å². The van der Waals surface area contributed by atoms with Crippen molar-refractivity contribution in [1.29, 1.82) is 0 Å². The second-order valence-electron chi connectivity index (χ2n) is 6.93. The summed E-state index contributed by atoms with van der Waals surface area (Å²) >= 11 is 1.37. The molecule has 0 aromatic carbocycles. The summed E-state index contributed by atoms with van der Waals surface area (Å²) in [7, 11) is 1.76. The molecule has 28 heavy (non-hydrogen) atoms. The second-order valence-corrected chi connectivity index (χ2v) is 7.96. The summed E-state index contributed by atoms with van der Waals surface area (Å²) in [6, 6.07) is -0.0540. The highest BCUT2D eigenvalue weighted by Gasteiger charge is 2.42. The van der Waals surface area contributed by atoms with Gasteiger partial charge in [-0.1, -0.05) is 0 Å². The number of nitrogens with one attached hydrogen (secondary N) is 2. The number of aliphatic imine (C=N–C) groups is 1. The lowest BCUT2D eigenvalue weighted by molar-refractivity contribution is 0.0531. The SMILES string of the molecule is CCOCCC1(CNC(=NC)NC(C)c2nc(C)c(C(=O)OCC)s2)CC1.I. The number of aromatic nitrogens is 1. The molecule has 1 saturated carbocycles. The largest absolute Gasteiger partial charge is 0.462 e. The summed E-state index contributed by atoms with van der Waals surface area (Å²) in [5, 5.41) is 7.64. The number of thiazole rings is 1. The minimum Gasteiger partial charge on any atom is -0.462 e. The van der Waals surface area contributed by atoms with Gasteiger partial charge in [0.1, 0.15) is 9.88 Å². The van der Waals surface area contributed by atoms with Gasteiger partial charge in [-0.05, 0) is 52.4 Å². The number of guanidine groups is 1. The fourth-order valence-electron chi connectivity index (χ4n) is 2.85. The number of esters is 1. The molecule has 1 aromatic heterocycles. The number of hydrogen-bond donors (Lipinski definition) is 2. The smallest absolute Gasteiger partial charge is 0.350 e. The van der Waals surface area contributed by atoms with E-state index in [9.17, 15) is 4.79 Å². The Balaban J connectivity index is 0.00000392. The lowest BCUT2D eigenvalue weighted by Gasteiger charge is -2.20. The Bertz CT molecular complexity index is 662. The number of hydrogen-bond acceptors (Lipinski definition) is 6. The summed E-state index contributed by atoms with van der Waals surface area (Å²) in [6.07, 6.45) is 3.54. The average molecular weight is 524 g/mol. The fourth-order valence-corrected chi connectivity index (χ4v) is 3.81. The van der Waals surface area contributed by atoms with E-state index in [-0.39, 0.29) is 36.0 Å². The van der Waals surface area contributed by atoms with Crippen LogP contribution in [0.2, 0.25) is 0 Å². The fraction of sp³-hybridized carbons (Fsp3) is 0.737. The van der Waals surface area contributed by atoms with E-state index in [2.05, 4.69) is 20.6 Å². The number of carbonyl (C=O) groups is 1. The molecule has 1 aliphatic rings. The van der Waals surface area contributed by atoms with Crippen molar-refractivity contribution in [2.75, 3.05) is 33.4 Å². The third-order valence-corrected chi connectivity index (χ3v) is 6.11. The first-order valence-corrected chi connectivity index (χ1v) is 10.5. The van der Waals surface area contributed by atoms with Crippen LogP contribution in [0.4, 0.5) is 0 Å². The molecule has 1 atom stereocenters. The summed E-state index contributed by atoms with van der Waals surface area (Å²) in [5.41, 5.74) is 1.04. The van der Waals surface area contributed by atoms with E-state index in [1.807, 2.05) is 20.8 Å². The van der Waals surface area contributed by atoms with Crippen LogP contribution in [-0.4, -0.2) is 50.3 Å². The van der Waals surface area contributed by atoms with E-state index < -0.39 is 0 Å². The molecule has 7 nitrogen and oxygen atoms in total. The Morgan fingerprint density at radius 2 is 2.07 bits per heavy atom. The lowest BCUT2D eigenvalue weighted by Crippen LogP contribution is -2.41. The number of rotatable bonds is 10. The van der Waals surface area contributed by atoms with Gasteiger partial charge in [0.15, 0.2) is 5.96 Å². The van der Waals surface area contributed by atoms with Crippen molar-refractivity contribution in [3.63, 3.8) is 0 Å². The van der Waals surface area contributed by atoms with Gasteiger partial charge >= 0.3 is 5.97 Å². The maximum Gasteiger partial charge on any atom is 0.350 e. The van der Waals surface area contributed by atoms with Gasteiger partial charge in [-0.3, -0.25) is 4.99 Å². The molecule has 0 radical (unpaired) electrons. The van der Waals surface area contributed by atoms with Gasteiger partial charge in [0, 0.05) is 26.8 Å². The van der Waals surface area contributed by atoms with Crippen LogP contribution < -0.4 is 10.6 Å². The molecule has 160 valence electrons. The highest BCUT2D eigenvalue weighted by atomic mass is 127. The van der Waals surface area contributed by atoms with Gasteiger partial charge in [-0.2, -0.15) is 0 Å². The number of nitrogens with zero attached hydrogens (tertiary/aromatic N) is 2. The Labute approximate surface area is 189 Å². The van der Waals surface area contributed by atoms with E-state index in [0.29, 0.717) is 22.6 Å². The molecule has 0 amide bonds. The van der Waals surface area contributed by atoms with Gasteiger partial charge in [0.05, 0.1) is 18.3 Å². The Morgan fingerprint density at radius 1 is 1.36 bits per heavy atom. The molecule has 0 spiro atoms. The molecule has 0 aliphatic heterocycles. The van der Waals surface area contributed by atoms with E-state index in [1.54, 1.807) is 14.0 Å². The van der Waals surface area contributed by atoms with E-state index >= 15 is 0 Å². The number of halogens is 1. The van der Waals surface area contributed by atoms with Crippen molar-refractivity contribution in [2.45, 2.75) is 53.0 Å². The van der Waals surface area contributed by atoms with Crippen molar-refractivity contribution in [2.24, 2.45) is 10.4 Å². The van der Waals surface area contributed by atoms with E-state index in [0.717, 1.165) is 37.1 Å². The van der Waals surface area contributed by atoms with Crippen molar-refractivity contribution in [3.8, 4) is 0 Å². The van der Waals surface area contributed by atoms with Crippen LogP contribution in [0.3, 0.4) is 0 Å². The molecule has 1 aliphatic carbocycles. The first-order valence-electron chi connectivity index (χ1n) is 9.64. The molecular formula is C19H33IN4O3S. The first-order chi connectivity index (χ1) is 12.9. The minimum absolute atomic E-state index is 0. The van der Waals surface area contributed by atoms with Gasteiger partial charge in [-0.25, -0.2) is 9.78 Å². The Kier molecular flexibility index (Phi) is 10.7. The molecule has 1 heterocycles. The highest BCUT2D eigenvalue weighted by molar-refractivity contribution is 14.0. The summed E-state index contributed by atoms with van der Waals surface area (Å²) < 4.78 is 10.6. The number of aryl methyl sites for hydroxylation is 1. The molecule has 0 saturated heterocycles. The quantitative estimate of drug-likeness (QED) is 0.160. The zero-order valence-corrected chi connectivity index (χ0v) is 20.6. The third-order valence-electron chi connectivity index (χ3n) is 4.79. The minimum atomic E-state index is -0.307. The average Bonchev–Trinajstić information content (AvgIpc) is 3.31. The molecule has 2 rings (SSSR count). The van der Waals surface area contributed by atoms with Crippen LogP contribution in [0, 0.1) is 12.3 Å².